The summed E-state index contributed by atoms with van der Waals surface area (Å²) < 4.78 is 11.0. The molecule has 0 saturated carbocycles. The first-order valence-electron chi connectivity index (χ1n) is 4.97. The average Bonchev–Trinajstić information content (AvgIpc) is 2.06. The molecule has 0 aliphatic rings. The molecule has 0 aliphatic carbocycles. The van der Waals surface area contributed by atoms with Crippen molar-refractivity contribution in [3.8, 4) is 0 Å². The Morgan fingerprint density at radius 2 is 1.46 bits per heavy atom. The Hall–Kier alpha value is -0.120. The number of rotatable bonds is 7. The van der Waals surface area contributed by atoms with Crippen LogP contribution in [0.1, 0.15) is 34.6 Å². The molecule has 79 valence electrons. The van der Waals surface area contributed by atoms with E-state index in [1.807, 2.05) is 41.2 Å². The molecule has 0 aromatic rings. The van der Waals surface area contributed by atoms with Gasteiger partial charge in [0.15, 0.2) is 0 Å². The van der Waals surface area contributed by atoms with E-state index >= 15 is 0 Å². The Kier molecular flexibility index (Phi) is 7.23. The maximum absolute atomic E-state index is 5.48. The van der Waals surface area contributed by atoms with Crippen LogP contribution >= 0.6 is 0 Å². The van der Waals surface area contributed by atoms with E-state index in [2.05, 4.69) is 4.90 Å². The average molecular weight is 188 g/mol. The summed E-state index contributed by atoms with van der Waals surface area (Å²) in [5, 5.41) is 0. The highest BCUT2D eigenvalue weighted by molar-refractivity contribution is 4.67. The third kappa shape index (κ3) is 4.60. The fraction of sp³-hybridized carbons (Fsp3) is 0.900. The first-order chi connectivity index (χ1) is 6.17. The molecule has 0 heterocycles. The molecule has 0 N–H and O–H groups in total. The van der Waals surface area contributed by atoms with Crippen molar-refractivity contribution in [1.82, 2.24) is 4.90 Å². The maximum atomic E-state index is 5.48. The molecule has 0 aliphatic heterocycles. The molecular formula is C10H22NO2. The van der Waals surface area contributed by atoms with Crippen LogP contribution in [0.15, 0.2) is 0 Å². The molecule has 0 aromatic carbocycles. The number of hydrogen-bond donors (Lipinski definition) is 0. The second-order valence-electron chi connectivity index (χ2n) is 2.81. The molecule has 2 atom stereocenters. The number of hydrogen-bond acceptors (Lipinski definition) is 3. The van der Waals surface area contributed by atoms with Crippen LogP contribution in [-0.4, -0.2) is 30.6 Å². The maximum Gasteiger partial charge on any atom is 0.110 e. The summed E-state index contributed by atoms with van der Waals surface area (Å²) in [6.07, 6.45) is 0.160. The van der Waals surface area contributed by atoms with Gasteiger partial charge in [-0.1, -0.05) is 0 Å². The van der Waals surface area contributed by atoms with Gasteiger partial charge in [0, 0.05) is 19.8 Å². The zero-order chi connectivity index (χ0) is 10.3. The van der Waals surface area contributed by atoms with Gasteiger partial charge in [-0.15, -0.1) is 0 Å². The highest BCUT2D eigenvalue weighted by Gasteiger charge is 2.18. The zero-order valence-electron chi connectivity index (χ0n) is 9.41. The lowest BCUT2D eigenvalue weighted by molar-refractivity contribution is -0.120. The van der Waals surface area contributed by atoms with Crippen LogP contribution in [0.4, 0.5) is 0 Å². The summed E-state index contributed by atoms with van der Waals surface area (Å²) in [5.41, 5.74) is 0. The second-order valence-corrected chi connectivity index (χ2v) is 2.81. The molecule has 0 amide bonds. The molecule has 0 rings (SSSR count). The van der Waals surface area contributed by atoms with Crippen LogP contribution in [-0.2, 0) is 9.47 Å². The van der Waals surface area contributed by atoms with E-state index in [1.54, 1.807) is 0 Å². The molecule has 0 fully saturated rings. The molecule has 0 bridgehead atoms. The van der Waals surface area contributed by atoms with E-state index in [4.69, 9.17) is 9.47 Å². The summed E-state index contributed by atoms with van der Waals surface area (Å²) in [4.78, 5) is 2.06. The van der Waals surface area contributed by atoms with Gasteiger partial charge < -0.3 is 9.47 Å². The first kappa shape index (κ1) is 12.9. The Labute approximate surface area is 82.0 Å². The lowest BCUT2D eigenvalue weighted by Crippen LogP contribution is -2.40. The van der Waals surface area contributed by atoms with E-state index in [1.165, 1.54) is 0 Å². The van der Waals surface area contributed by atoms with Crippen molar-refractivity contribution in [2.75, 3.05) is 13.2 Å². The van der Waals surface area contributed by atoms with Crippen molar-refractivity contribution in [1.29, 1.82) is 0 Å². The van der Waals surface area contributed by atoms with Gasteiger partial charge in [0.05, 0.1) is 0 Å². The van der Waals surface area contributed by atoms with Crippen LogP contribution in [0.3, 0.4) is 0 Å². The Balaban J connectivity index is 3.98. The van der Waals surface area contributed by atoms with E-state index in [9.17, 15) is 0 Å². The SMILES string of the molecule is C[CH]N(C(C)OCC)C(C)OCC. The lowest BCUT2D eigenvalue weighted by Gasteiger charge is -2.32. The van der Waals surface area contributed by atoms with Crippen LogP contribution in [0, 0.1) is 6.54 Å². The van der Waals surface area contributed by atoms with E-state index in [-0.39, 0.29) is 12.5 Å². The molecule has 2 unspecified atom stereocenters. The quantitative estimate of drug-likeness (QED) is 0.572. The van der Waals surface area contributed by atoms with Crippen molar-refractivity contribution in [2.24, 2.45) is 0 Å². The Morgan fingerprint density at radius 3 is 1.69 bits per heavy atom. The zero-order valence-corrected chi connectivity index (χ0v) is 9.41. The largest absolute Gasteiger partial charge is 0.364 e. The molecule has 3 nitrogen and oxygen atoms in total. The number of ether oxygens (including phenoxy) is 2. The van der Waals surface area contributed by atoms with Gasteiger partial charge in [-0.05, 0) is 34.6 Å². The standard InChI is InChI=1S/C10H22NO2/c1-6-11(9(4)12-7-2)10(5)13-8-3/h6,9-10H,7-8H2,1-5H3. The Morgan fingerprint density at radius 1 is 1.08 bits per heavy atom. The molecule has 13 heavy (non-hydrogen) atoms. The van der Waals surface area contributed by atoms with Gasteiger partial charge in [-0.2, -0.15) is 0 Å². The fourth-order valence-electron chi connectivity index (χ4n) is 1.37. The van der Waals surface area contributed by atoms with Crippen LogP contribution < -0.4 is 0 Å². The van der Waals surface area contributed by atoms with Crippen LogP contribution in [0.2, 0.25) is 0 Å². The van der Waals surface area contributed by atoms with Gasteiger partial charge >= 0.3 is 0 Å². The van der Waals surface area contributed by atoms with Crippen molar-refractivity contribution in [3.05, 3.63) is 6.54 Å². The molecular weight excluding hydrogens is 166 g/mol. The predicted molar refractivity (Wildman–Crippen MR) is 54.0 cm³/mol. The minimum absolute atomic E-state index is 0.0801. The monoisotopic (exact) mass is 188 g/mol. The minimum Gasteiger partial charge on any atom is -0.364 e. The van der Waals surface area contributed by atoms with Crippen molar-refractivity contribution >= 4 is 0 Å². The van der Waals surface area contributed by atoms with Gasteiger partial charge in [0.2, 0.25) is 0 Å². The second kappa shape index (κ2) is 7.30. The Bertz CT molecular complexity index is 107. The first-order valence-corrected chi connectivity index (χ1v) is 4.97. The van der Waals surface area contributed by atoms with Gasteiger partial charge in [0.1, 0.15) is 12.5 Å². The summed E-state index contributed by atoms with van der Waals surface area (Å²) in [6, 6.07) is 0. The van der Waals surface area contributed by atoms with Crippen molar-refractivity contribution in [2.45, 2.75) is 47.1 Å². The summed E-state index contributed by atoms with van der Waals surface area (Å²) in [5.74, 6) is 0. The number of nitrogens with zero attached hydrogens (tertiary/aromatic N) is 1. The predicted octanol–water partition coefficient (Wildman–Crippen LogP) is 2.24. The van der Waals surface area contributed by atoms with Crippen molar-refractivity contribution in [3.63, 3.8) is 0 Å². The third-order valence-electron chi connectivity index (χ3n) is 1.95. The van der Waals surface area contributed by atoms with E-state index in [0.717, 1.165) is 13.2 Å². The van der Waals surface area contributed by atoms with E-state index < -0.39 is 0 Å². The highest BCUT2D eigenvalue weighted by Crippen LogP contribution is 2.10. The third-order valence-corrected chi connectivity index (χ3v) is 1.95. The van der Waals surface area contributed by atoms with Crippen molar-refractivity contribution < 1.29 is 9.47 Å². The topological polar surface area (TPSA) is 21.7 Å². The summed E-state index contributed by atoms with van der Waals surface area (Å²) in [6.45, 7) is 13.5. The normalized spacial score (nSPS) is 16.2. The van der Waals surface area contributed by atoms with Crippen LogP contribution in [0.25, 0.3) is 0 Å². The highest BCUT2D eigenvalue weighted by atomic mass is 16.5. The molecule has 0 saturated heterocycles. The van der Waals surface area contributed by atoms with Gasteiger partial charge in [-0.3, -0.25) is 0 Å². The van der Waals surface area contributed by atoms with Gasteiger partial charge in [0.25, 0.3) is 0 Å². The summed E-state index contributed by atoms with van der Waals surface area (Å²) in [7, 11) is 0. The molecule has 0 aromatic heterocycles. The summed E-state index contributed by atoms with van der Waals surface area (Å²) >= 11 is 0. The van der Waals surface area contributed by atoms with Crippen LogP contribution in [0.5, 0.6) is 0 Å². The molecule has 0 spiro atoms. The van der Waals surface area contributed by atoms with E-state index in [0.29, 0.717) is 0 Å². The lowest BCUT2D eigenvalue weighted by atomic mass is 10.4. The minimum atomic E-state index is 0.0801. The fourth-order valence-corrected chi connectivity index (χ4v) is 1.37. The molecule has 3 heteroatoms. The smallest absolute Gasteiger partial charge is 0.110 e. The van der Waals surface area contributed by atoms with Gasteiger partial charge in [-0.25, -0.2) is 4.90 Å². The molecule has 1 radical (unpaired) electrons.